The van der Waals surface area contributed by atoms with E-state index in [4.69, 9.17) is 5.73 Å². The van der Waals surface area contributed by atoms with Crippen LogP contribution in [0, 0.1) is 5.82 Å². The molecule has 1 heterocycles. The van der Waals surface area contributed by atoms with Gasteiger partial charge >= 0.3 is 0 Å². The Morgan fingerprint density at radius 1 is 1.31 bits per heavy atom. The number of nitrogens with one attached hydrogen (secondary N) is 1. The zero-order chi connectivity index (χ0) is 11.1. The molecule has 16 heavy (non-hydrogen) atoms. The van der Waals surface area contributed by atoms with Crippen LogP contribution in [0.4, 0.5) is 4.39 Å². The van der Waals surface area contributed by atoms with Gasteiger partial charge in [0.15, 0.2) is 0 Å². The number of aromatic nitrogens is 1. The Balaban J connectivity index is 2.06. The second-order valence-corrected chi connectivity index (χ2v) is 4.70. The fourth-order valence-electron chi connectivity index (χ4n) is 2.75. The van der Waals surface area contributed by atoms with E-state index in [9.17, 15) is 4.39 Å². The fraction of sp³-hybridized carbons (Fsp3) is 0.385. The van der Waals surface area contributed by atoms with Crippen molar-refractivity contribution in [3.63, 3.8) is 0 Å². The molecule has 1 aromatic carbocycles. The lowest BCUT2D eigenvalue weighted by atomic mass is 9.97. The third-order valence-electron chi connectivity index (χ3n) is 3.59. The Bertz CT molecular complexity index is 518. The molecule has 3 N–H and O–H groups in total. The van der Waals surface area contributed by atoms with Crippen molar-refractivity contribution in [2.24, 2.45) is 5.73 Å². The van der Waals surface area contributed by atoms with Gasteiger partial charge in [-0.15, -0.1) is 0 Å². The fourth-order valence-corrected chi connectivity index (χ4v) is 2.75. The van der Waals surface area contributed by atoms with E-state index in [1.165, 1.54) is 11.6 Å². The molecule has 1 aliphatic rings. The molecule has 0 aliphatic heterocycles. The van der Waals surface area contributed by atoms with Crippen LogP contribution in [-0.2, 0) is 0 Å². The van der Waals surface area contributed by atoms with Crippen LogP contribution in [0.5, 0.6) is 0 Å². The van der Waals surface area contributed by atoms with Crippen molar-refractivity contribution in [1.29, 1.82) is 0 Å². The highest BCUT2D eigenvalue weighted by Crippen LogP contribution is 2.37. The van der Waals surface area contributed by atoms with Crippen LogP contribution in [0.2, 0.25) is 0 Å². The molecule has 0 saturated heterocycles. The van der Waals surface area contributed by atoms with Crippen LogP contribution in [0.25, 0.3) is 10.9 Å². The van der Waals surface area contributed by atoms with Crippen molar-refractivity contribution >= 4 is 10.9 Å². The largest absolute Gasteiger partial charge is 0.361 e. The lowest BCUT2D eigenvalue weighted by Crippen LogP contribution is -2.14. The first-order valence-electron chi connectivity index (χ1n) is 5.76. The number of hydrogen-bond acceptors (Lipinski definition) is 1. The van der Waals surface area contributed by atoms with Crippen molar-refractivity contribution in [1.82, 2.24) is 4.98 Å². The molecule has 0 radical (unpaired) electrons. The van der Waals surface area contributed by atoms with Crippen LogP contribution in [0.3, 0.4) is 0 Å². The molecule has 3 heteroatoms. The molecule has 84 valence electrons. The maximum absolute atomic E-state index is 13.2. The lowest BCUT2D eigenvalue weighted by Gasteiger charge is -2.07. The van der Waals surface area contributed by atoms with E-state index in [0.717, 1.165) is 30.2 Å². The van der Waals surface area contributed by atoms with E-state index >= 15 is 0 Å². The zero-order valence-corrected chi connectivity index (χ0v) is 9.04. The summed E-state index contributed by atoms with van der Waals surface area (Å²) in [6, 6.07) is 5.21. The van der Waals surface area contributed by atoms with Gasteiger partial charge in [-0.3, -0.25) is 0 Å². The van der Waals surface area contributed by atoms with Gasteiger partial charge in [-0.2, -0.15) is 0 Å². The predicted molar refractivity (Wildman–Crippen MR) is 62.8 cm³/mol. The Labute approximate surface area is 93.6 Å². The molecule has 0 spiro atoms. The number of aromatic amines is 1. The zero-order valence-electron chi connectivity index (χ0n) is 9.04. The second-order valence-electron chi connectivity index (χ2n) is 4.70. The Morgan fingerprint density at radius 3 is 2.94 bits per heavy atom. The molecule has 0 unspecified atom stereocenters. The second kappa shape index (κ2) is 3.59. The summed E-state index contributed by atoms with van der Waals surface area (Å²) in [5.41, 5.74) is 8.16. The van der Waals surface area contributed by atoms with Crippen LogP contribution >= 0.6 is 0 Å². The Kier molecular flexibility index (Phi) is 2.21. The number of H-pyrrole nitrogens is 1. The van der Waals surface area contributed by atoms with Crippen LogP contribution in [0.1, 0.15) is 30.7 Å². The molecule has 1 fully saturated rings. The summed E-state index contributed by atoms with van der Waals surface area (Å²) in [7, 11) is 0. The summed E-state index contributed by atoms with van der Waals surface area (Å²) in [4.78, 5) is 3.20. The summed E-state index contributed by atoms with van der Waals surface area (Å²) >= 11 is 0. The van der Waals surface area contributed by atoms with E-state index in [2.05, 4.69) is 4.98 Å². The highest BCUT2D eigenvalue weighted by atomic mass is 19.1. The molecule has 2 aromatic rings. The highest BCUT2D eigenvalue weighted by Gasteiger charge is 2.25. The summed E-state index contributed by atoms with van der Waals surface area (Å²) < 4.78 is 13.2. The monoisotopic (exact) mass is 218 g/mol. The van der Waals surface area contributed by atoms with Crippen molar-refractivity contribution < 1.29 is 4.39 Å². The molecule has 1 aliphatic carbocycles. The van der Waals surface area contributed by atoms with Crippen LogP contribution in [-0.4, -0.2) is 11.0 Å². The lowest BCUT2D eigenvalue weighted by molar-refractivity contribution is 0.629. The molecule has 0 bridgehead atoms. The molecule has 1 aromatic heterocycles. The normalized spacial score (nSPS) is 25.4. The van der Waals surface area contributed by atoms with Gasteiger partial charge < -0.3 is 10.7 Å². The number of rotatable bonds is 1. The number of halogens is 1. The van der Waals surface area contributed by atoms with Crippen LogP contribution < -0.4 is 5.73 Å². The summed E-state index contributed by atoms with van der Waals surface area (Å²) in [6.45, 7) is 0. The predicted octanol–water partition coefficient (Wildman–Crippen LogP) is 2.90. The number of hydrogen-bond donors (Lipinski definition) is 2. The van der Waals surface area contributed by atoms with Gasteiger partial charge in [-0.25, -0.2) is 4.39 Å². The quantitative estimate of drug-likeness (QED) is 0.759. The first-order chi connectivity index (χ1) is 7.74. The Hall–Kier alpha value is -1.35. The van der Waals surface area contributed by atoms with E-state index in [1.54, 1.807) is 12.1 Å². The van der Waals surface area contributed by atoms with Crippen LogP contribution in [0.15, 0.2) is 24.4 Å². The van der Waals surface area contributed by atoms with Gasteiger partial charge in [0.25, 0.3) is 0 Å². The van der Waals surface area contributed by atoms with Crippen molar-refractivity contribution in [3.05, 3.63) is 35.8 Å². The van der Waals surface area contributed by atoms with Gasteiger partial charge in [0.2, 0.25) is 0 Å². The van der Waals surface area contributed by atoms with E-state index in [0.29, 0.717) is 12.0 Å². The van der Waals surface area contributed by atoms with Crippen molar-refractivity contribution in [2.75, 3.05) is 0 Å². The topological polar surface area (TPSA) is 41.8 Å². The average Bonchev–Trinajstić information content (AvgIpc) is 2.83. The summed E-state index contributed by atoms with van der Waals surface area (Å²) in [5.74, 6) is 0.321. The smallest absolute Gasteiger partial charge is 0.123 e. The van der Waals surface area contributed by atoms with E-state index < -0.39 is 0 Å². The molecule has 1 saturated carbocycles. The molecule has 3 rings (SSSR count). The molecular weight excluding hydrogens is 203 g/mol. The average molecular weight is 218 g/mol. The standard InChI is InChI=1S/C13H15FN2/c14-9-2-4-13-11(6-9)12(7-16-13)8-1-3-10(15)5-8/h2,4,6-8,10,16H,1,3,5,15H2/t8-,10-/m0/s1. The number of benzene rings is 1. The first-order valence-corrected chi connectivity index (χ1v) is 5.76. The van der Waals surface area contributed by atoms with Crippen molar-refractivity contribution in [2.45, 2.75) is 31.2 Å². The maximum Gasteiger partial charge on any atom is 0.123 e. The Morgan fingerprint density at radius 2 is 2.19 bits per heavy atom. The third kappa shape index (κ3) is 1.52. The van der Waals surface area contributed by atoms with E-state index in [-0.39, 0.29) is 5.82 Å². The molecular formula is C13H15FN2. The van der Waals surface area contributed by atoms with Gasteiger partial charge in [-0.05, 0) is 48.9 Å². The SMILES string of the molecule is N[C@H]1CC[C@H](c2c[nH]c3ccc(F)cc23)C1. The summed E-state index contributed by atoms with van der Waals surface area (Å²) in [6.07, 6.45) is 5.22. The number of nitrogens with two attached hydrogens (primary N) is 1. The van der Waals surface area contributed by atoms with Crippen molar-refractivity contribution in [3.8, 4) is 0 Å². The van der Waals surface area contributed by atoms with Gasteiger partial charge in [0.05, 0.1) is 0 Å². The van der Waals surface area contributed by atoms with E-state index in [1.807, 2.05) is 6.20 Å². The minimum Gasteiger partial charge on any atom is -0.361 e. The molecule has 2 atom stereocenters. The minimum atomic E-state index is -0.171. The summed E-state index contributed by atoms with van der Waals surface area (Å²) in [5, 5.41) is 1.01. The van der Waals surface area contributed by atoms with Gasteiger partial charge in [0.1, 0.15) is 5.82 Å². The highest BCUT2D eigenvalue weighted by molar-refractivity contribution is 5.83. The molecule has 2 nitrogen and oxygen atoms in total. The van der Waals surface area contributed by atoms with Gasteiger partial charge in [-0.1, -0.05) is 0 Å². The van der Waals surface area contributed by atoms with Gasteiger partial charge in [0, 0.05) is 23.1 Å². The maximum atomic E-state index is 13.2. The number of fused-ring (bicyclic) bond motifs is 1. The minimum absolute atomic E-state index is 0.171. The third-order valence-corrected chi connectivity index (χ3v) is 3.59. The first kappa shape index (κ1) is 9.85. The molecule has 0 amide bonds.